The van der Waals surface area contributed by atoms with Gasteiger partial charge in [0.05, 0.1) is 6.61 Å². The number of carbonyl (C=O) groups excluding carboxylic acids is 1. The summed E-state index contributed by atoms with van der Waals surface area (Å²) in [6.45, 7) is 10.9. The van der Waals surface area contributed by atoms with Gasteiger partial charge >= 0.3 is 0 Å². The van der Waals surface area contributed by atoms with E-state index in [0.29, 0.717) is 30.9 Å². The molecule has 0 saturated carbocycles. The highest BCUT2D eigenvalue weighted by Gasteiger charge is 2.18. The van der Waals surface area contributed by atoms with Gasteiger partial charge < -0.3 is 20.3 Å². The molecule has 0 atom stereocenters. The summed E-state index contributed by atoms with van der Waals surface area (Å²) < 4.78 is 5.14. The highest BCUT2D eigenvalue weighted by molar-refractivity contribution is 5.96. The quantitative estimate of drug-likeness (QED) is 0.670. The molecule has 1 aromatic carbocycles. The average Bonchev–Trinajstić information content (AvgIpc) is 2.52. The van der Waals surface area contributed by atoms with E-state index in [-0.39, 0.29) is 30.7 Å². The molecule has 1 aromatic rings. The minimum Gasteiger partial charge on any atom is -0.399 e. The second-order valence-electron chi connectivity index (χ2n) is 5.39. The first kappa shape index (κ1) is 25.2. The van der Waals surface area contributed by atoms with Crippen molar-refractivity contribution in [2.75, 3.05) is 52.2 Å². The van der Waals surface area contributed by atoms with Gasteiger partial charge in [-0.05, 0) is 37.7 Å². The molecule has 0 fully saturated rings. The number of halogens is 2. The predicted molar refractivity (Wildman–Crippen MR) is 106 cm³/mol. The summed E-state index contributed by atoms with van der Waals surface area (Å²) >= 11 is 0. The molecule has 0 aliphatic carbocycles. The minimum atomic E-state index is 0. The van der Waals surface area contributed by atoms with E-state index in [9.17, 15) is 4.79 Å². The van der Waals surface area contributed by atoms with Gasteiger partial charge in [-0.1, -0.05) is 19.9 Å². The number of hydrogen-bond acceptors (Lipinski definition) is 4. The van der Waals surface area contributed by atoms with Crippen LogP contribution in [0.25, 0.3) is 0 Å². The molecule has 0 aliphatic heterocycles. The summed E-state index contributed by atoms with van der Waals surface area (Å²) in [4.78, 5) is 17.0. The van der Waals surface area contributed by atoms with Gasteiger partial charge in [0.15, 0.2) is 0 Å². The van der Waals surface area contributed by atoms with Crippen molar-refractivity contribution < 1.29 is 9.53 Å². The molecule has 1 amide bonds. The summed E-state index contributed by atoms with van der Waals surface area (Å²) in [6.07, 6.45) is 0. The van der Waals surface area contributed by atoms with Crippen LogP contribution < -0.4 is 5.73 Å². The topological polar surface area (TPSA) is 58.8 Å². The Bertz CT molecular complexity index is 483. The fourth-order valence-electron chi connectivity index (χ4n) is 2.36. The lowest BCUT2D eigenvalue weighted by Crippen LogP contribution is -2.40. The van der Waals surface area contributed by atoms with Crippen LogP contribution in [0.4, 0.5) is 5.69 Å². The maximum Gasteiger partial charge on any atom is 0.254 e. The van der Waals surface area contributed by atoms with Crippen molar-refractivity contribution >= 4 is 36.4 Å². The predicted octanol–water partition coefficient (Wildman–Crippen LogP) is 2.85. The molecule has 2 N–H and O–H groups in total. The highest BCUT2D eigenvalue weighted by Crippen LogP contribution is 2.15. The molecular weight excluding hydrogens is 349 g/mol. The first-order chi connectivity index (χ1) is 10.5. The zero-order chi connectivity index (χ0) is 16.5. The molecule has 0 heterocycles. The largest absolute Gasteiger partial charge is 0.399 e. The molecule has 0 radical (unpaired) electrons. The first-order valence-corrected chi connectivity index (χ1v) is 7.90. The fourth-order valence-corrected chi connectivity index (χ4v) is 2.36. The number of anilines is 1. The smallest absolute Gasteiger partial charge is 0.254 e. The van der Waals surface area contributed by atoms with Crippen molar-refractivity contribution in [3.8, 4) is 0 Å². The molecule has 0 spiro atoms. The van der Waals surface area contributed by atoms with Crippen LogP contribution in [0.2, 0.25) is 0 Å². The van der Waals surface area contributed by atoms with E-state index in [1.165, 1.54) is 0 Å². The number of benzene rings is 1. The minimum absolute atomic E-state index is 0. The van der Waals surface area contributed by atoms with Crippen LogP contribution in [0.3, 0.4) is 0 Å². The number of aryl methyl sites for hydroxylation is 1. The highest BCUT2D eigenvalue weighted by atomic mass is 35.5. The number of nitrogen functional groups attached to an aromatic ring is 1. The first-order valence-electron chi connectivity index (χ1n) is 7.90. The van der Waals surface area contributed by atoms with Gasteiger partial charge in [0.25, 0.3) is 5.91 Å². The molecule has 0 aliphatic rings. The Labute approximate surface area is 158 Å². The third-order valence-electron chi connectivity index (χ3n) is 3.93. The number of amides is 1. The second-order valence-corrected chi connectivity index (χ2v) is 5.39. The Kier molecular flexibility index (Phi) is 14.0. The standard InChI is InChI=1S/C17H29N3O2.2ClH/c1-5-19(6-2)9-10-20(11-12-22-4)17(21)16-13-15(18)8-7-14(16)3;;/h7-8,13H,5-6,9-12,18H2,1-4H3;2*1H. The number of methoxy groups -OCH3 is 1. The second kappa shape index (κ2) is 13.3. The lowest BCUT2D eigenvalue weighted by molar-refractivity contribution is 0.0673. The fraction of sp³-hybridized carbons (Fsp3) is 0.588. The summed E-state index contributed by atoms with van der Waals surface area (Å²) in [6, 6.07) is 5.47. The van der Waals surface area contributed by atoms with Crippen LogP contribution in [-0.2, 0) is 4.74 Å². The van der Waals surface area contributed by atoms with Crippen LogP contribution in [0.5, 0.6) is 0 Å². The SMILES string of the molecule is CCN(CC)CCN(CCOC)C(=O)c1cc(N)ccc1C.Cl.Cl. The Balaban J connectivity index is 0. The van der Waals surface area contributed by atoms with Crippen molar-refractivity contribution in [1.29, 1.82) is 0 Å². The molecule has 0 saturated heterocycles. The van der Waals surface area contributed by atoms with E-state index >= 15 is 0 Å². The third-order valence-corrected chi connectivity index (χ3v) is 3.93. The van der Waals surface area contributed by atoms with E-state index in [0.717, 1.165) is 25.2 Å². The van der Waals surface area contributed by atoms with Gasteiger partial charge in [0.2, 0.25) is 0 Å². The maximum absolute atomic E-state index is 12.8. The van der Waals surface area contributed by atoms with Crippen molar-refractivity contribution in [3.05, 3.63) is 29.3 Å². The number of hydrogen-bond donors (Lipinski definition) is 1. The van der Waals surface area contributed by atoms with Gasteiger partial charge in [0, 0.05) is 38.0 Å². The number of nitrogens with zero attached hydrogens (tertiary/aromatic N) is 2. The molecule has 5 nitrogen and oxygen atoms in total. The van der Waals surface area contributed by atoms with Crippen LogP contribution in [0.15, 0.2) is 18.2 Å². The van der Waals surface area contributed by atoms with Gasteiger partial charge in [-0.15, -0.1) is 24.8 Å². The van der Waals surface area contributed by atoms with Crippen LogP contribution in [0, 0.1) is 6.92 Å². The van der Waals surface area contributed by atoms with Gasteiger partial charge in [-0.2, -0.15) is 0 Å². The van der Waals surface area contributed by atoms with E-state index < -0.39 is 0 Å². The maximum atomic E-state index is 12.8. The van der Waals surface area contributed by atoms with Gasteiger partial charge in [-0.3, -0.25) is 4.79 Å². The van der Waals surface area contributed by atoms with Crippen LogP contribution >= 0.6 is 24.8 Å². The number of nitrogens with two attached hydrogens (primary N) is 1. The summed E-state index contributed by atoms with van der Waals surface area (Å²) in [5.41, 5.74) is 8.07. The van der Waals surface area contributed by atoms with Crippen molar-refractivity contribution in [3.63, 3.8) is 0 Å². The van der Waals surface area contributed by atoms with Crippen LogP contribution in [0.1, 0.15) is 29.8 Å². The number of carbonyl (C=O) groups is 1. The Morgan fingerprint density at radius 1 is 1.12 bits per heavy atom. The summed E-state index contributed by atoms with van der Waals surface area (Å²) in [5.74, 6) is 0.0222. The molecule has 140 valence electrons. The van der Waals surface area contributed by atoms with Crippen LogP contribution in [-0.4, -0.2) is 62.1 Å². The Hall–Kier alpha value is -1.01. The number of likely N-dealkylation sites (N-methyl/N-ethyl adjacent to an activating group) is 1. The molecule has 24 heavy (non-hydrogen) atoms. The lowest BCUT2D eigenvalue weighted by Gasteiger charge is -2.27. The zero-order valence-electron chi connectivity index (χ0n) is 15.1. The molecular formula is C17H31Cl2N3O2. The van der Waals surface area contributed by atoms with E-state index in [1.54, 1.807) is 13.2 Å². The van der Waals surface area contributed by atoms with Crippen molar-refractivity contribution in [2.24, 2.45) is 0 Å². The third kappa shape index (κ3) is 7.71. The van der Waals surface area contributed by atoms with Gasteiger partial charge in [-0.25, -0.2) is 0 Å². The van der Waals surface area contributed by atoms with Crippen molar-refractivity contribution in [2.45, 2.75) is 20.8 Å². The Morgan fingerprint density at radius 2 is 1.75 bits per heavy atom. The average molecular weight is 380 g/mol. The Morgan fingerprint density at radius 3 is 2.29 bits per heavy atom. The van der Waals surface area contributed by atoms with E-state index in [1.807, 2.05) is 24.0 Å². The normalized spacial score (nSPS) is 10.0. The lowest BCUT2D eigenvalue weighted by atomic mass is 10.1. The van der Waals surface area contributed by atoms with Gasteiger partial charge in [0.1, 0.15) is 0 Å². The number of ether oxygens (including phenoxy) is 1. The molecule has 0 unspecified atom stereocenters. The molecule has 1 rings (SSSR count). The zero-order valence-corrected chi connectivity index (χ0v) is 16.7. The molecule has 7 heteroatoms. The van der Waals surface area contributed by atoms with Crippen molar-refractivity contribution in [1.82, 2.24) is 9.80 Å². The van der Waals surface area contributed by atoms with E-state index in [4.69, 9.17) is 10.5 Å². The summed E-state index contributed by atoms with van der Waals surface area (Å²) in [5, 5.41) is 0. The molecule has 0 bridgehead atoms. The number of rotatable bonds is 9. The summed E-state index contributed by atoms with van der Waals surface area (Å²) in [7, 11) is 1.65. The van der Waals surface area contributed by atoms with E-state index in [2.05, 4.69) is 18.7 Å². The monoisotopic (exact) mass is 379 g/mol. The molecule has 0 aromatic heterocycles.